The highest BCUT2D eigenvalue weighted by Crippen LogP contribution is 2.18. The molecule has 0 amide bonds. The molecule has 0 aliphatic rings. The first-order valence-corrected chi connectivity index (χ1v) is 6.48. The van der Waals surface area contributed by atoms with Crippen LogP contribution in [0.1, 0.15) is 32.4 Å². The lowest BCUT2D eigenvalue weighted by Gasteiger charge is -2.12. The molecule has 0 saturated heterocycles. The van der Waals surface area contributed by atoms with Crippen LogP contribution in [0.15, 0.2) is 12.1 Å². The van der Waals surface area contributed by atoms with E-state index in [9.17, 15) is 0 Å². The first-order chi connectivity index (χ1) is 8.17. The minimum atomic E-state index is 0.560. The van der Waals surface area contributed by atoms with E-state index >= 15 is 0 Å². The van der Waals surface area contributed by atoms with Crippen molar-refractivity contribution in [3.05, 3.63) is 22.8 Å². The molecule has 0 spiro atoms. The second-order valence-corrected chi connectivity index (χ2v) is 4.72. The predicted molar refractivity (Wildman–Crippen MR) is 71.6 cm³/mol. The van der Waals surface area contributed by atoms with E-state index in [1.54, 1.807) is 0 Å². The number of nitrogens with zero attached hydrogens (tertiary/aromatic N) is 1. The molecule has 0 fully saturated rings. The molecular weight excluding hydrogens is 236 g/mol. The maximum Gasteiger partial charge on any atom is 0.213 e. The average molecular weight is 257 g/mol. The van der Waals surface area contributed by atoms with Gasteiger partial charge in [-0.2, -0.15) is 0 Å². The molecule has 17 heavy (non-hydrogen) atoms. The molecular formula is C13H21ClN2O. The van der Waals surface area contributed by atoms with Crippen molar-refractivity contribution in [2.75, 3.05) is 13.7 Å². The summed E-state index contributed by atoms with van der Waals surface area (Å²) in [6.07, 6.45) is 2.36. The van der Waals surface area contributed by atoms with E-state index in [-0.39, 0.29) is 0 Å². The SMILES string of the molecule is CCCC(C)COc1ccc(Cl)c(CNC)n1. The molecule has 0 aliphatic carbocycles. The molecule has 4 heteroatoms. The van der Waals surface area contributed by atoms with E-state index in [4.69, 9.17) is 16.3 Å². The summed E-state index contributed by atoms with van der Waals surface area (Å²) in [7, 11) is 1.87. The fourth-order valence-corrected chi connectivity index (χ4v) is 1.81. The highest BCUT2D eigenvalue weighted by molar-refractivity contribution is 6.31. The highest BCUT2D eigenvalue weighted by Gasteiger charge is 2.06. The van der Waals surface area contributed by atoms with Gasteiger partial charge >= 0.3 is 0 Å². The smallest absolute Gasteiger partial charge is 0.213 e. The normalized spacial score (nSPS) is 12.5. The fraction of sp³-hybridized carbons (Fsp3) is 0.615. The standard InChI is InChI=1S/C13H21ClN2O/c1-4-5-10(2)9-17-13-7-6-11(14)12(16-13)8-15-3/h6-7,10,15H,4-5,8-9H2,1-3H3. The summed E-state index contributed by atoms with van der Waals surface area (Å²) >= 11 is 6.03. The summed E-state index contributed by atoms with van der Waals surface area (Å²) in [5.74, 6) is 1.22. The van der Waals surface area contributed by atoms with Gasteiger partial charge < -0.3 is 10.1 Å². The van der Waals surface area contributed by atoms with Crippen LogP contribution >= 0.6 is 11.6 Å². The van der Waals surface area contributed by atoms with E-state index in [0.29, 0.717) is 30.0 Å². The lowest BCUT2D eigenvalue weighted by atomic mass is 10.1. The Morgan fingerprint density at radius 3 is 2.88 bits per heavy atom. The van der Waals surface area contributed by atoms with Gasteiger partial charge in [-0.3, -0.25) is 0 Å². The number of hydrogen-bond donors (Lipinski definition) is 1. The molecule has 1 heterocycles. The third-order valence-electron chi connectivity index (χ3n) is 2.53. The average Bonchev–Trinajstić information content (AvgIpc) is 2.31. The zero-order valence-electron chi connectivity index (χ0n) is 10.8. The topological polar surface area (TPSA) is 34.1 Å². The van der Waals surface area contributed by atoms with Crippen LogP contribution in [0.4, 0.5) is 0 Å². The number of nitrogens with one attached hydrogen (secondary N) is 1. The first-order valence-electron chi connectivity index (χ1n) is 6.10. The molecule has 0 aliphatic heterocycles. The molecule has 96 valence electrons. The second kappa shape index (κ2) is 7.51. The number of halogens is 1. The number of hydrogen-bond acceptors (Lipinski definition) is 3. The van der Waals surface area contributed by atoms with E-state index in [2.05, 4.69) is 24.1 Å². The van der Waals surface area contributed by atoms with Crippen molar-refractivity contribution in [2.45, 2.75) is 33.2 Å². The number of pyridine rings is 1. The number of ether oxygens (including phenoxy) is 1. The second-order valence-electron chi connectivity index (χ2n) is 4.31. The molecule has 3 nitrogen and oxygen atoms in total. The van der Waals surface area contributed by atoms with Crippen molar-refractivity contribution < 1.29 is 4.74 Å². The van der Waals surface area contributed by atoms with Crippen LogP contribution < -0.4 is 10.1 Å². The van der Waals surface area contributed by atoms with Crippen LogP contribution in [0.2, 0.25) is 5.02 Å². The van der Waals surface area contributed by atoms with E-state index in [1.165, 1.54) is 12.8 Å². The van der Waals surface area contributed by atoms with Gasteiger partial charge in [-0.15, -0.1) is 0 Å². The van der Waals surface area contributed by atoms with Crippen LogP contribution in [0.3, 0.4) is 0 Å². The summed E-state index contributed by atoms with van der Waals surface area (Å²) in [5, 5.41) is 3.71. The number of rotatable bonds is 7. The lowest BCUT2D eigenvalue weighted by molar-refractivity contribution is 0.242. The van der Waals surface area contributed by atoms with Gasteiger partial charge in [0.1, 0.15) is 0 Å². The van der Waals surface area contributed by atoms with Gasteiger partial charge in [0, 0.05) is 12.6 Å². The summed E-state index contributed by atoms with van der Waals surface area (Å²) < 4.78 is 5.66. The van der Waals surface area contributed by atoms with Crippen LogP contribution in [-0.2, 0) is 6.54 Å². The molecule has 1 aromatic rings. The molecule has 0 radical (unpaired) electrons. The van der Waals surface area contributed by atoms with Gasteiger partial charge in [-0.25, -0.2) is 4.98 Å². The van der Waals surface area contributed by atoms with Crippen molar-refractivity contribution in [2.24, 2.45) is 5.92 Å². The Hall–Kier alpha value is -0.800. The first kappa shape index (κ1) is 14.3. The van der Waals surface area contributed by atoms with Gasteiger partial charge in [0.15, 0.2) is 0 Å². The van der Waals surface area contributed by atoms with Crippen LogP contribution in [0, 0.1) is 5.92 Å². The molecule has 0 aromatic carbocycles. The Labute approximate surface area is 109 Å². The summed E-state index contributed by atoms with van der Waals surface area (Å²) in [6, 6.07) is 3.65. The lowest BCUT2D eigenvalue weighted by Crippen LogP contribution is -2.11. The molecule has 1 rings (SSSR count). The minimum Gasteiger partial charge on any atom is -0.477 e. The Balaban J connectivity index is 2.56. The van der Waals surface area contributed by atoms with Crippen LogP contribution in [0.5, 0.6) is 5.88 Å². The van der Waals surface area contributed by atoms with Crippen LogP contribution in [-0.4, -0.2) is 18.6 Å². The summed E-state index contributed by atoms with van der Waals surface area (Å²) in [4.78, 5) is 4.38. The fourth-order valence-electron chi connectivity index (χ4n) is 1.64. The van der Waals surface area contributed by atoms with E-state index < -0.39 is 0 Å². The number of aromatic nitrogens is 1. The largest absolute Gasteiger partial charge is 0.477 e. The van der Waals surface area contributed by atoms with Crippen molar-refractivity contribution in [3.8, 4) is 5.88 Å². The maximum absolute atomic E-state index is 6.03. The van der Waals surface area contributed by atoms with Gasteiger partial charge in [-0.05, 0) is 25.5 Å². The third kappa shape index (κ3) is 4.92. The predicted octanol–water partition coefficient (Wildman–Crippen LogP) is 3.27. The Bertz CT molecular complexity index is 344. The molecule has 1 N–H and O–H groups in total. The van der Waals surface area contributed by atoms with Crippen molar-refractivity contribution in [3.63, 3.8) is 0 Å². The van der Waals surface area contributed by atoms with Gasteiger partial charge in [0.25, 0.3) is 0 Å². The maximum atomic E-state index is 6.03. The molecule has 0 bridgehead atoms. The van der Waals surface area contributed by atoms with Crippen molar-refractivity contribution in [1.29, 1.82) is 0 Å². The monoisotopic (exact) mass is 256 g/mol. The molecule has 1 aromatic heterocycles. The van der Waals surface area contributed by atoms with Gasteiger partial charge in [-0.1, -0.05) is 31.9 Å². The molecule has 0 saturated carbocycles. The summed E-state index contributed by atoms with van der Waals surface area (Å²) in [5.41, 5.74) is 0.829. The van der Waals surface area contributed by atoms with Gasteiger partial charge in [0.2, 0.25) is 5.88 Å². The third-order valence-corrected chi connectivity index (χ3v) is 2.88. The summed E-state index contributed by atoms with van der Waals surface area (Å²) in [6.45, 7) is 5.73. The minimum absolute atomic E-state index is 0.560. The quantitative estimate of drug-likeness (QED) is 0.813. The van der Waals surface area contributed by atoms with Gasteiger partial charge in [0.05, 0.1) is 17.3 Å². The Morgan fingerprint density at radius 2 is 2.24 bits per heavy atom. The Kier molecular flexibility index (Phi) is 6.30. The molecule has 1 unspecified atom stereocenters. The zero-order valence-corrected chi connectivity index (χ0v) is 11.5. The van der Waals surface area contributed by atoms with Crippen molar-refractivity contribution in [1.82, 2.24) is 10.3 Å². The van der Waals surface area contributed by atoms with E-state index in [0.717, 1.165) is 5.69 Å². The zero-order chi connectivity index (χ0) is 12.7. The molecule has 1 atom stereocenters. The van der Waals surface area contributed by atoms with Crippen molar-refractivity contribution >= 4 is 11.6 Å². The highest BCUT2D eigenvalue weighted by atomic mass is 35.5. The van der Waals surface area contributed by atoms with E-state index in [1.807, 2.05) is 19.2 Å². The Morgan fingerprint density at radius 1 is 1.47 bits per heavy atom. The van der Waals surface area contributed by atoms with Crippen LogP contribution in [0.25, 0.3) is 0 Å².